The first-order valence-corrected chi connectivity index (χ1v) is 5.95. The first-order chi connectivity index (χ1) is 6.86. The van der Waals surface area contributed by atoms with Crippen LogP contribution in [0.3, 0.4) is 0 Å². The van der Waals surface area contributed by atoms with Gasteiger partial charge in [0.15, 0.2) is 0 Å². The summed E-state index contributed by atoms with van der Waals surface area (Å²) in [5, 5.41) is 9.70. The molecule has 2 atom stereocenters. The lowest BCUT2D eigenvalue weighted by molar-refractivity contribution is -0.0737. The van der Waals surface area contributed by atoms with E-state index in [1.54, 1.807) is 0 Å². The standard InChI is InChI=1S/C11H21NO2/c13-11-8-4-3-7-10(11)12-14-9-5-1-2-6-9/h9-13H,1-8H2. The molecule has 0 radical (unpaired) electrons. The van der Waals surface area contributed by atoms with Gasteiger partial charge in [-0.1, -0.05) is 25.7 Å². The third-order valence-electron chi connectivity index (χ3n) is 3.42. The minimum atomic E-state index is -0.204. The van der Waals surface area contributed by atoms with Gasteiger partial charge in [-0.3, -0.25) is 4.84 Å². The van der Waals surface area contributed by atoms with Crippen LogP contribution in [0.5, 0.6) is 0 Å². The molecule has 14 heavy (non-hydrogen) atoms. The highest BCUT2D eigenvalue weighted by molar-refractivity contribution is 4.78. The smallest absolute Gasteiger partial charge is 0.0790 e. The summed E-state index contributed by atoms with van der Waals surface area (Å²) in [7, 11) is 0. The molecule has 0 heterocycles. The molecule has 2 N–H and O–H groups in total. The van der Waals surface area contributed by atoms with E-state index >= 15 is 0 Å². The Morgan fingerprint density at radius 2 is 1.57 bits per heavy atom. The molecule has 0 aromatic carbocycles. The number of aliphatic hydroxyl groups excluding tert-OH is 1. The zero-order chi connectivity index (χ0) is 9.80. The molecule has 0 aromatic heterocycles. The summed E-state index contributed by atoms with van der Waals surface area (Å²) in [4.78, 5) is 5.60. The summed E-state index contributed by atoms with van der Waals surface area (Å²) in [5.41, 5.74) is 3.06. The zero-order valence-electron chi connectivity index (χ0n) is 8.74. The van der Waals surface area contributed by atoms with E-state index in [4.69, 9.17) is 4.84 Å². The molecule has 2 unspecified atom stereocenters. The molecule has 0 saturated heterocycles. The molecule has 82 valence electrons. The Hall–Kier alpha value is -0.120. The van der Waals surface area contributed by atoms with Gasteiger partial charge in [-0.2, -0.15) is 5.48 Å². The highest BCUT2D eigenvalue weighted by Crippen LogP contribution is 2.22. The van der Waals surface area contributed by atoms with Crippen LogP contribution < -0.4 is 5.48 Å². The van der Waals surface area contributed by atoms with E-state index in [-0.39, 0.29) is 12.1 Å². The van der Waals surface area contributed by atoms with Crippen LogP contribution in [0.4, 0.5) is 0 Å². The Bertz CT molecular complexity index is 169. The maximum Gasteiger partial charge on any atom is 0.0790 e. The van der Waals surface area contributed by atoms with Crippen LogP contribution in [0.1, 0.15) is 51.4 Å². The number of nitrogens with one attached hydrogen (secondary N) is 1. The van der Waals surface area contributed by atoms with Gasteiger partial charge in [-0.25, -0.2) is 0 Å². The first kappa shape index (κ1) is 10.4. The van der Waals surface area contributed by atoms with Crippen LogP contribution in [0.25, 0.3) is 0 Å². The van der Waals surface area contributed by atoms with Crippen molar-refractivity contribution in [3.05, 3.63) is 0 Å². The molecule has 0 amide bonds. The summed E-state index contributed by atoms with van der Waals surface area (Å²) < 4.78 is 0. The van der Waals surface area contributed by atoms with Crippen molar-refractivity contribution in [1.82, 2.24) is 5.48 Å². The van der Waals surface area contributed by atoms with Crippen molar-refractivity contribution in [2.45, 2.75) is 69.6 Å². The Morgan fingerprint density at radius 1 is 0.929 bits per heavy atom. The SMILES string of the molecule is OC1CCCCC1NOC1CCCC1. The molecule has 2 aliphatic carbocycles. The molecular formula is C11H21NO2. The van der Waals surface area contributed by atoms with Gasteiger partial charge in [0.05, 0.1) is 18.2 Å². The van der Waals surface area contributed by atoms with Gasteiger partial charge in [0.25, 0.3) is 0 Å². The highest BCUT2D eigenvalue weighted by Gasteiger charge is 2.24. The number of hydrogen-bond donors (Lipinski definition) is 2. The predicted molar refractivity (Wildman–Crippen MR) is 54.7 cm³/mol. The average Bonchev–Trinajstić information content (AvgIpc) is 2.69. The molecule has 0 spiro atoms. The van der Waals surface area contributed by atoms with Crippen LogP contribution in [-0.2, 0) is 4.84 Å². The van der Waals surface area contributed by atoms with Crippen molar-refractivity contribution >= 4 is 0 Å². The van der Waals surface area contributed by atoms with E-state index in [0.29, 0.717) is 6.10 Å². The molecular weight excluding hydrogens is 178 g/mol. The fourth-order valence-corrected chi connectivity index (χ4v) is 2.44. The molecule has 0 aromatic rings. The molecule has 2 rings (SSSR count). The Labute approximate surface area is 85.8 Å². The van der Waals surface area contributed by atoms with Gasteiger partial charge >= 0.3 is 0 Å². The molecule has 0 bridgehead atoms. The van der Waals surface area contributed by atoms with E-state index in [1.807, 2.05) is 0 Å². The van der Waals surface area contributed by atoms with E-state index in [9.17, 15) is 5.11 Å². The summed E-state index contributed by atoms with van der Waals surface area (Å²) >= 11 is 0. The van der Waals surface area contributed by atoms with Gasteiger partial charge < -0.3 is 5.11 Å². The van der Waals surface area contributed by atoms with Gasteiger partial charge in [0.1, 0.15) is 0 Å². The molecule has 3 heteroatoms. The maximum atomic E-state index is 9.70. The average molecular weight is 199 g/mol. The van der Waals surface area contributed by atoms with E-state index in [1.165, 1.54) is 32.1 Å². The van der Waals surface area contributed by atoms with E-state index < -0.39 is 0 Å². The van der Waals surface area contributed by atoms with Crippen molar-refractivity contribution in [3.63, 3.8) is 0 Å². The van der Waals surface area contributed by atoms with E-state index in [0.717, 1.165) is 19.3 Å². The number of hydroxylamine groups is 1. The van der Waals surface area contributed by atoms with Crippen molar-refractivity contribution in [2.75, 3.05) is 0 Å². The molecule has 2 aliphatic rings. The second-order valence-corrected chi connectivity index (χ2v) is 4.60. The summed E-state index contributed by atoms with van der Waals surface area (Å²) in [6.07, 6.45) is 9.46. The molecule has 0 aliphatic heterocycles. The van der Waals surface area contributed by atoms with Crippen molar-refractivity contribution in [1.29, 1.82) is 0 Å². The van der Waals surface area contributed by atoms with Gasteiger partial charge in [-0.05, 0) is 25.7 Å². The topological polar surface area (TPSA) is 41.5 Å². The third-order valence-corrected chi connectivity index (χ3v) is 3.42. The lowest BCUT2D eigenvalue weighted by Crippen LogP contribution is -2.43. The zero-order valence-corrected chi connectivity index (χ0v) is 8.74. The van der Waals surface area contributed by atoms with Crippen LogP contribution in [0.15, 0.2) is 0 Å². The van der Waals surface area contributed by atoms with Crippen LogP contribution in [0.2, 0.25) is 0 Å². The molecule has 3 nitrogen and oxygen atoms in total. The monoisotopic (exact) mass is 199 g/mol. The van der Waals surface area contributed by atoms with Crippen molar-refractivity contribution < 1.29 is 9.94 Å². The van der Waals surface area contributed by atoms with Crippen LogP contribution in [-0.4, -0.2) is 23.4 Å². The summed E-state index contributed by atoms with van der Waals surface area (Å²) in [6.45, 7) is 0. The predicted octanol–water partition coefficient (Wildman–Crippen LogP) is 1.75. The number of aliphatic hydroxyl groups is 1. The minimum absolute atomic E-state index is 0.171. The van der Waals surface area contributed by atoms with Crippen molar-refractivity contribution in [3.8, 4) is 0 Å². The minimum Gasteiger partial charge on any atom is -0.391 e. The first-order valence-electron chi connectivity index (χ1n) is 5.95. The van der Waals surface area contributed by atoms with Crippen molar-refractivity contribution in [2.24, 2.45) is 0 Å². The lowest BCUT2D eigenvalue weighted by atomic mass is 9.93. The van der Waals surface area contributed by atoms with Gasteiger partial charge in [0, 0.05) is 0 Å². The van der Waals surface area contributed by atoms with Crippen LogP contribution >= 0.6 is 0 Å². The summed E-state index contributed by atoms with van der Waals surface area (Å²) in [6, 6.07) is 0.171. The number of rotatable bonds is 3. The fourth-order valence-electron chi connectivity index (χ4n) is 2.44. The Balaban J connectivity index is 1.67. The van der Waals surface area contributed by atoms with Crippen LogP contribution in [0, 0.1) is 0 Å². The molecule has 2 saturated carbocycles. The second-order valence-electron chi connectivity index (χ2n) is 4.60. The normalized spacial score (nSPS) is 34.9. The fraction of sp³-hybridized carbons (Fsp3) is 1.00. The summed E-state index contributed by atoms with van der Waals surface area (Å²) in [5.74, 6) is 0. The van der Waals surface area contributed by atoms with Gasteiger partial charge in [-0.15, -0.1) is 0 Å². The third kappa shape index (κ3) is 2.69. The Kier molecular flexibility index (Phi) is 3.79. The Morgan fingerprint density at radius 3 is 2.29 bits per heavy atom. The van der Waals surface area contributed by atoms with E-state index in [2.05, 4.69) is 5.48 Å². The van der Waals surface area contributed by atoms with Gasteiger partial charge in [0.2, 0.25) is 0 Å². The maximum absolute atomic E-state index is 9.70. The largest absolute Gasteiger partial charge is 0.391 e. The number of hydrogen-bond acceptors (Lipinski definition) is 3. The molecule has 2 fully saturated rings. The lowest BCUT2D eigenvalue weighted by Gasteiger charge is -2.29. The quantitative estimate of drug-likeness (QED) is 0.680. The second kappa shape index (κ2) is 5.10. The highest BCUT2D eigenvalue weighted by atomic mass is 16.7.